The van der Waals surface area contributed by atoms with Gasteiger partial charge in [0.1, 0.15) is 5.69 Å². The molecule has 0 amide bonds. The van der Waals surface area contributed by atoms with Gasteiger partial charge in [-0.25, -0.2) is 0 Å². The van der Waals surface area contributed by atoms with Crippen LogP contribution in [-0.4, -0.2) is 39.7 Å². The number of hydrogen-bond acceptors (Lipinski definition) is 4. The largest absolute Gasteiger partial charge is 0.298 e. The van der Waals surface area contributed by atoms with Crippen LogP contribution in [0.1, 0.15) is 29.5 Å². The molecule has 1 atom stereocenters. The van der Waals surface area contributed by atoms with E-state index in [4.69, 9.17) is 11.6 Å². The molecule has 2 aliphatic rings. The molecule has 1 fully saturated rings. The van der Waals surface area contributed by atoms with Crippen LogP contribution in [0.15, 0.2) is 0 Å². The van der Waals surface area contributed by atoms with Gasteiger partial charge in [0.25, 0.3) is 0 Å². The SMILES string of the molecule is CC(=O)c1nn2c(c1Cl)CN(C1CN1)CCC2. The van der Waals surface area contributed by atoms with E-state index in [1.165, 1.54) is 6.92 Å². The fourth-order valence-corrected chi connectivity index (χ4v) is 2.64. The van der Waals surface area contributed by atoms with Gasteiger partial charge in [0.2, 0.25) is 0 Å². The summed E-state index contributed by atoms with van der Waals surface area (Å²) >= 11 is 6.25. The zero-order chi connectivity index (χ0) is 12.0. The lowest BCUT2D eigenvalue weighted by Crippen LogP contribution is -2.28. The number of nitrogens with one attached hydrogen (secondary N) is 1. The van der Waals surface area contributed by atoms with Crippen molar-refractivity contribution in [2.75, 3.05) is 13.1 Å². The summed E-state index contributed by atoms with van der Waals surface area (Å²) < 4.78 is 1.89. The topological polar surface area (TPSA) is 60.1 Å². The molecule has 1 unspecified atom stereocenters. The zero-order valence-electron chi connectivity index (χ0n) is 9.74. The van der Waals surface area contributed by atoms with Crippen LogP contribution < -0.4 is 5.32 Å². The molecule has 1 aromatic rings. The van der Waals surface area contributed by atoms with Gasteiger partial charge in [0.05, 0.1) is 16.9 Å². The summed E-state index contributed by atoms with van der Waals surface area (Å²) in [7, 11) is 0. The number of fused-ring (bicyclic) bond motifs is 1. The van der Waals surface area contributed by atoms with Crippen LogP contribution in [0, 0.1) is 0 Å². The quantitative estimate of drug-likeness (QED) is 0.629. The first-order valence-corrected chi connectivity index (χ1v) is 6.28. The minimum Gasteiger partial charge on any atom is -0.298 e. The van der Waals surface area contributed by atoms with Gasteiger partial charge in [0.15, 0.2) is 5.78 Å². The van der Waals surface area contributed by atoms with Gasteiger partial charge in [-0.3, -0.25) is 19.7 Å². The Morgan fingerprint density at radius 1 is 1.53 bits per heavy atom. The van der Waals surface area contributed by atoms with Gasteiger partial charge in [-0.1, -0.05) is 11.6 Å². The molecule has 1 saturated heterocycles. The van der Waals surface area contributed by atoms with Crippen molar-refractivity contribution in [3.05, 3.63) is 16.4 Å². The predicted octanol–water partition coefficient (Wildman–Crippen LogP) is 0.874. The molecule has 92 valence electrons. The molecule has 1 aromatic heterocycles. The highest BCUT2D eigenvalue weighted by Gasteiger charge is 2.31. The number of carbonyl (C=O) groups excluding carboxylic acids is 1. The maximum atomic E-state index is 11.4. The number of ketones is 1. The number of halogens is 1. The minimum absolute atomic E-state index is 0.0633. The van der Waals surface area contributed by atoms with E-state index in [2.05, 4.69) is 15.3 Å². The summed E-state index contributed by atoms with van der Waals surface area (Å²) in [5, 5.41) is 8.14. The lowest BCUT2D eigenvalue weighted by atomic mass is 10.2. The number of aromatic nitrogens is 2. The Kier molecular flexibility index (Phi) is 2.69. The van der Waals surface area contributed by atoms with Crippen molar-refractivity contribution in [3.63, 3.8) is 0 Å². The molecule has 5 nitrogen and oxygen atoms in total. The van der Waals surface area contributed by atoms with Crippen molar-refractivity contribution in [1.29, 1.82) is 0 Å². The summed E-state index contributed by atoms with van der Waals surface area (Å²) in [4.78, 5) is 13.8. The molecule has 1 N–H and O–H groups in total. The molecule has 0 radical (unpaired) electrons. The number of nitrogens with zero attached hydrogens (tertiary/aromatic N) is 3. The van der Waals surface area contributed by atoms with E-state index >= 15 is 0 Å². The van der Waals surface area contributed by atoms with Gasteiger partial charge < -0.3 is 0 Å². The van der Waals surface area contributed by atoms with E-state index < -0.39 is 0 Å². The van der Waals surface area contributed by atoms with Crippen molar-refractivity contribution >= 4 is 17.4 Å². The minimum atomic E-state index is -0.0633. The van der Waals surface area contributed by atoms with E-state index in [0.717, 1.165) is 38.3 Å². The Bertz CT molecular complexity index is 466. The molecule has 3 heterocycles. The van der Waals surface area contributed by atoms with Crippen molar-refractivity contribution in [2.45, 2.75) is 32.6 Å². The first kappa shape index (κ1) is 11.2. The predicted molar refractivity (Wildman–Crippen MR) is 64.1 cm³/mol. The molecule has 0 aliphatic carbocycles. The maximum Gasteiger partial charge on any atom is 0.181 e. The number of Topliss-reactive ketones (excluding diaryl/α,β-unsaturated/α-hetero) is 1. The van der Waals surface area contributed by atoms with Gasteiger partial charge in [-0.15, -0.1) is 0 Å². The van der Waals surface area contributed by atoms with E-state index in [0.29, 0.717) is 16.9 Å². The normalized spacial score (nSPS) is 24.2. The molecule has 0 spiro atoms. The van der Waals surface area contributed by atoms with Crippen LogP contribution in [0.3, 0.4) is 0 Å². The number of rotatable bonds is 2. The van der Waals surface area contributed by atoms with Gasteiger partial charge >= 0.3 is 0 Å². The summed E-state index contributed by atoms with van der Waals surface area (Å²) in [5.74, 6) is -0.0633. The average molecular weight is 255 g/mol. The number of hydrogen-bond donors (Lipinski definition) is 1. The third-order valence-electron chi connectivity index (χ3n) is 3.32. The summed E-state index contributed by atoms with van der Waals surface area (Å²) in [6, 6.07) is 0. The van der Waals surface area contributed by atoms with Gasteiger partial charge in [-0.05, 0) is 6.42 Å². The zero-order valence-corrected chi connectivity index (χ0v) is 10.5. The second-order valence-corrected chi connectivity index (χ2v) is 5.01. The summed E-state index contributed by atoms with van der Waals surface area (Å²) in [6.45, 7) is 5.22. The van der Waals surface area contributed by atoms with Crippen molar-refractivity contribution in [3.8, 4) is 0 Å². The molecule has 3 rings (SSSR count). The van der Waals surface area contributed by atoms with E-state index in [-0.39, 0.29) is 5.78 Å². The first-order valence-electron chi connectivity index (χ1n) is 5.90. The monoisotopic (exact) mass is 254 g/mol. The van der Waals surface area contributed by atoms with Crippen LogP contribution in [0.25, 0.3) is 0 Å². The first-order chi connectivity index (χ1) is 8.16. The molecule has 0 bridgehead atoms. The second kappa shape index (κ2) is 4.08. The van der Waals surface area contributed by atoms with Crippen molar-refractivity contribution in [1.82, 2.24) is 20.0 Å². The average Bonchev–Trinajstić information content (AvgIpc) is 3.08. The van der Waals surface area contributed by atoms with Crippen molar-refractivity contribution < 1.29 is 4.79 Å². The Morgan fingerprint density at radius 3 is 2.94 bits per heavy atom. The fraction of sp³-hybridized carbons (Fsp3) is 0.636. The number of aryl methyl sites for hydroxylation is 1. The molecule has 6 heteroatoms. The highest BCUT2D eigenvalue weighted by Crippen LogP contribution is 2.26. The molecule has 0 saturated carbocycles. The fourth-order valence-electron chi connectivity index (χ4n) is 2.31. The van der Waals surface area contributed by atoms with E-state index in [1.54, 1.807) is 0 Å². The Labute approximate surface area is 105 Å². The van der Waals surface area contributed by atoms with Crippen LogP contribution in [0.4, 0.5) is 0 Å². The van der Waals surface area contributed by atoms with Crippen LogP contribution in [-0.2, 0) is 13.1 Å². The number of carbonyl (C=O) groups is 1. The van der Waals surface area contributed by atoms with Crippen LogP contribution >= 0.6 is 11.6 Å². The van der Waals surface area contributed by atoms with E-state index in [1.807, 2.05) is 4.68 Å². The third kappa shape index (κ3) is 1.99. The van der Waals surface area contributed by atoms with Crippen molar-refractivity contribution in [2.24, 2.45) is 0 Å². The molecular weight excluding hydrogens is 240 g/mol. The summed E-state index contributed by atoms with van der Waals surface area (Å²) in [6.07, 6.45) is 1.52. The second-order valence-electron chi connectivity index (χ2n) is 4.64. The third-order valence-corrected chi connectivity index (χ3v) is 3.72. The lowest BCUT2D eigenvalue weighted by molar-refractivity contribution is 0.101. The van der Waals surface area contributed by atoms with Crippen LogP contribution in [0.2, 0.25) is 5.02 Å². The Morgan fingerprint density at radius 2 is 2.29 bits per heavy atom. The molecule has 17 heavy (non-hydrogen) atoms. The molecule has 2 aliphatic heterocycles. The van der Waals surface area contributed by atoms with Crippen LogP contribution in [0.5, 0.6) is 0 Å². The lowest BCUT2D eigenvalue weighted by Gasteiger charge is -2.17. The standard InChI is InChI=1S/C11H15ClN4O/c1-7(17)11-10(12)8-6-15(9-5-13-9)3-2-4-16(8)14-11/h9,13H,2-6H2,1H3. The molecular formula is C11H15ClN4O. The Hall–Kier alpha value is -0.910. The molecule has 0 aromatic carbocycles. The van der Waals surface area contributed by atoms with E-state index in [9.17, 15) is 4.79 Å². The highest BCUT2D eigenvalue weighted by atomic mass is 35.5. The highest BCUT2D eigenvalue weighted by molar-refractivity contribution is 6.34. The maximum absolute atomic E-state index is 11.4. The Balaban J connectivity index is 1.95. The smallest absolute Gasteiger partial charge is 0.181 e. The van der Waals surface area contributed by atoms with Gasteiger partial charge in [0, 0.05) is 33.1 Å². The van der Waals surface area contributed by atoms with Gasteiger partial charge in [-0.2, -0.15) is 5.10 Å². The summed E-state index contributed by atoms with van der Waals surface area (Å²) in [5.41, 5.74) is 1.38.